The van der Waals surface area contributed by atoms with Crippen LogP contribution in [0.15, 0.2) is 0 Å². The fraction of sp³-hybridized carbons (Fsp3) is 1.00. The van der Waals surface area contributed by atoms with E-state index in [-0.39, 0.29) is 0 Å². The number of hydrogen-bond acceptors (Lipinski definition) is 3. The highest BCUT2D eigenvalue weighted by Gasteiger charge is 2.20. The van der Waals surface area contributed by atoms with Gasteiger partial charge in [-0.3, -0.25) is 0 Å². The normalized spacial score (nSPS) is 37.4. The van der Waals surface area contributed by atoms with E-state index in [4.69, 9.17) is 4.74 Å². The average molecular weight is 240 g/mol. The Morgan fingerprint density at radius 2 is 1.82 bits per heavy atom. The molecule has 0 saturated carbocycles. The number of nitrogens with one attached hydrogen (secondary N) is 1. The highest BCUT2D eigenvalue weighted by Crippen LogP contribution is 2.16. The van der Waals surface area contributed by atoms with Gasteiger partial charge in [0.25, 0.3) is 0 Å². The molecule has 3 heteroatoms. The molecule has 100 valence electrons. The first-order valence-corrected chi connectivity index (χ1v) is 7.30. The third-order valence-corrected chi connectivity index (χ3v) is 4.10. The molecule has 2 saturated heterocycles. The minimum atomic E-state index is 0.662. The van der Waals surface area contributed by atoms with Gasteiger partial charge in [0.2, 0.25) is 0 Å². The van der Waals surface area contributed by atoms with E-state index in [0.29, 0.717) is 12.1 Å². The first-order chi connectivity index (χ1) is 8.24. The molecule has 3 nitrogen and oxygen atoms in total. The second-order valence-electron chi connectivity index (χ2n) is 5.93. The van der Waals surface area contributed by atoms with Crippen LogP contribution in [0.25, 0.3) is 0 Å². The summed E-state index contributed by atoms with van der Waals surface area (Å²) < 4.78 is 5.58. The first-order valence-electron chi connectivity index (χ1n) is 7.30. The maximum Gasteiger partial charge on any atom is 0.0506 e. The third kappa shape index (κ3) is 4.57. The van der Waals surface area contributed by atoms with Gasteiger partial charge in [-0.25, -0.2) is 0 Å². The summed E-state index contributed by atoms with van der Waals surface area (Å²) in [5.74, 6) is 0.779. The highest BCUT2D eigenvalue weighted by atomic mass is 16.5. The number of nitrogens with zero attached hydrogens (tertiary/aromatic N) is 1. The molecule has 0 amide bonds. The molecule has 3 atom stereocenters. The summed E-state index contributed by atoms with van der Waals surface area (Å²) >= 11 is 0. The van der Waals surface area contributed by atoms with E-state index in [1.54, 1.807) is 0 Å². The number of hydrogen-bond donors (Lipinski definition) is 1. The van der Waals surface area contributed by atoms with Crippen LogP contribution in [0.1, 0.15) is 39.5 Å². The second-order valence-corrected chi connectivity index (χ2v) is 5.93. The molecule has 2 fully saturated rings. The molecule has 0 aliphatic carbocycles. The lowest BCUT2D eigenvalue weighted by Crippen LogP contribution is -2.44. The van der Waals surface area contributed by atoms with E-state index in [2.05, 4.69) is 24.1 Å². The van der Waals surface area contributed by atoms with Gasteiger partial charge in [0.15, 0.2) is 0 Å². The maximum atomic E-state index is 5.58. The lowest BCUT2D eigenvalue weighted by molar-refractivity contribution is 0.0363. The number of ether oxygens (including phenoxy) is 1. The zero-order valence-corrected chi connectivity index (χ0v) is 11.5. The quantitative estimate of drug-likeness (QED) is 0.797. The van der Waals surface area contributed by atoms with E-state index in [1.165, 1.54) is 45.3 Å². The first kappa shape index (κ1) is 13.3. The van der Waals surface area contributed by atoms with Crippen molar-refractivity contribution < 1.29 is 4.74 Å². The molecule has 0 spiro atoms. The Kier molecular flexibility index (Phi) is 5.26. The average Bonchev–Trinajstić information content (AvgIpc) is 2.32. The molecule has 2 rings (SSSR count). The van der Waals surface area contributed by atoms with Crippen LogP contribution in [0, 0.1) is 5.92 Å². The molecule has 0 aromatic carbocycles. The Morgan fingerprint density at radius 1 is 1.12 bits per heavy atom. The van der Waals surface area contributed by atoms with Crippen molar-refractivity contribution in [3.63, 3.8) is 0 Å². The molecular formula is C14H28N2O. The molecule has 3 unspecified atom stereocenters. The predicted molar refractivity (Wildman–Crippen MR) is 71.3 cm³/mol. The second kappa shape index (κ2) is 6.72. The summed E-state index contributed by atoms with van der Waals surface area (Å²) in [6.45, 7) is 10.3. The van der Waals surface area contributed by atoms with Crippen molar-refractivity contribution >= 4 is 0 Å². The molecular weight excluding hydrogens is 212 g/mol. The van der Waals surface area contributed by atoms with Gasteiger partial charge in [0.1, 0.15) is 0 Å². The van der Waals surface area contributed by atoms with Crippen LogP contribution in [0.5, 0.6) is 0 Å². The Morgan fingerprint density at radius 3 is 2.41 bits per heavy atom. The van der Waals surface area contributed by atoms with E-state index in [9.17, 15) is 0 Å². The Hall–Kier alpha value is -0.120. The Balaban J connectivity index is 1.77. The van der Waals surface area contributed by atoms with Gasteiger partial charge in [-0.1, -0.05) is 0 Å². The standard InChI is InChI=1S/C14H28N2O/c1-12-5-7-16(8-6-13(2)15-12)10-14-4-3-9-17-11-14/h12-15H,3-11H2,1-2H3. The van der Waals surface area contributed by atoms with E-state index >= 15 is 0 Å². The van der Waals surface area contributed by atoms with E-state index in [1.807, 2.05) is 0 Å². The molecule has 1 N–H and O–H groups in total. The van der Waals surface area contributed by atoms with Gasteiger partial charge >= 0.3 is 0 Å². The van der Waals surface area contributed by atoms with Gasteiger partial charge in [0, 0.05) is 25.2 Å². The zero-order valence-electron chi connectivity index (χ0n) is 11.5. The molecule has 17 heavy (non-hydrogen) atoms. The summed E-state index contributed by atoms with van der Waals surface area (Å²) in [5, 5.41) is 3.65. The summed E-state index contributed by atoms with van der Waals surface area (Å²) in [6, 6.07) is 1.32. The minimum Gasteiger partial charge on any atom is -0.381 e. The Labute approximate surface area is 106 Å². The van der Waals surface area contributed by atoms with Gasteiger partial charge in [0.05, 0.1) is 6.61 Å². The fourth-order valence-corrected chi connectivity index (χ4v) is 3.02. The van der Waals surface area contributed by atoms with Crippen LogP contribution in [0.2, 0.25) is 0 Å². The van der Waals surface area contributed by atoms with Crippen LogP contribution in [-0.2, 0) is 4.74 Å². The summed E-state index contributed by atoms with van der Waals surface area (Å²) in [4.78, 5) is 2.66. The highest BCUT2D eigenvalue weighted by molar-refractivity contribution is 4.77. The van der Waals surface area contributed by atoms with Crippen molar-refractivity contribution in [3.05, 3.63) is 0 Å². The largest absolute Gasteiger partial charge is 0.381 e. The van der Waals surface area contributed by atoms with Crippen LogP contribution < -0.4 is 5.32 Å². The molecule has 2 heterocycles. The van der Waals surface area contributed by atoms with Gasteiger partial charge < -0.3 is 15.0 Å². The van der Waals surface area contributed by atoms with Gasteiger partial charge in [-0.2, -0.15) is 0 Å². The van der Waals surface area contributed by atoms with Crippen molar-refractivity contribution in [2.45, 2.75) is 51.6 Å². The molecule has 0 radical (unpaired) electrons. The lowest BCUT2D eigenvalue weighted by atomic mass is 10.0. The molecule has 0 bridgehead atoms. The van der Waals surface area contributed by atoms with Crippen LogP contribution in [0.4, 0.5) is 0 Å². The monoisotopic (exact) mass is 240 g/mol. The lowest BCUT2D eigenvalue weighted by Gasteiger charge is -2.34. The smallest absolute Gasteiger partial charge is 0.0506 e. The topological polar surface area (TPSA) is 24.5 Å². The Bertz CT molecular complexity index is 204. The third-order valence-electron chi connectivity index (χ3n) is 4.10. The predicted octanol–water partition coefficient (Wildman–Crippen LogP) is 1.88. The summed E-state index contributed by atoms with van der Waals surface area (Å²) in [6.07, 6.45) is 5.17. The number of rotatable bonds is 2. The van der Waals surface area contributed by atoms with Crippen LogP contribution >= 0.6 is 0 Å². The van der Waals surface area contributed by atoms with Crippen molar-refractivity contribution in [2.24, 2.45) is 5.92 Å². The van der Waals surface area contributed by atoms with Crippen molar-refractivity contribution in [1.82, 2.24) is 10.2 Å². The van der Waals surface area contributed by atoms with Crippen LogP contribution in [-0.4, -0.2) is 49.8 Å². The summed E-state index contributed by atoms with van der Waals surface area (Å²) in [7, 11) is 0. The van der Waals surface area contributed by atoms with E-state index < -0.39 is 0 Å². The SMILES string of the molecule is CC1CCN(CC2CCCOC2)CCC(C)N1. The molecule has 2 aliphatic rings. The minimum absolute atomic E-state index is 0.662. The van der Waals surface area contributed by atoms with Crippen molar-refractivity contribution in [1.29, 1.82) is 0 Å². The van der Waals surface area contributed by atoms with Crippen LogP contribution in [0.3, 0.4) is 0 Å². The molecule has 0 aromatic heterocycles. The molecule has 0 aromatic rings. The van der Waals surface area contributed by atoms with Crippen molar-refractivity contribution in [3.8, 4) is 0 Å². The maximum absolute atomic E-state index is 5.58. The fourth-order valence-electron chi connectivity index (χ4n) is 3.02. The van der Waals surface area contributed by atoms with Gasteiger partial charge in [-0.05, 0) is 58.5 Å². The zero-order chi connectivity index (χ0) is 12.1. The van der Waals surface area contributed by atoms with Crippen molar-refractivity contribution in [2.75, 3.05) is 32.8 Å². The van der Waals surface area contributed by atoms with Gasteiger partial charge in [-0.15, -0.1) is 0 Å². The summed E-state index contributed by atoms with van der Waals surface area (Å²) in [5.41, 5.74) is 0. The molecule has 2 aliphatic heterocycles. The van der Waals surface area contributed by atoms with E-state index in [0.717, 1.165) is 19.1 Å².